The second-order valence-electron chi connectivity index (χ2n) is 12.2. The van der Waals surface area contributed by atoms with Crippen LogP contribution in [0, 0.1) is 11.3 Å². The van der Waals surface area contributed by atoms with Crippen molar-refractivity contribution in [2.45, 2.75) is 71.1 Å². The predicted octanol–water partition coefficient (Wildman–Crippen LogP) is 5.32. The van der Waals surface area contributed by atoms with E-state index < -0.39 is 38.8 Å². The summed E-state index contributed by atoms with van der Waals surface area (Å²) in [6.45, 7) is 8.30. The van der Waals surface area contributed by atoms with E-state index in [-0.39, 0.29) is 43.4 Å². The largest absolute Gasteiger partial charge is 0.350 e. The number of nitrogens with zero attached hydrogens (tertiary/aromatic N) is 7. The molecule has 0 aliphatic carbocycles. The molecule has 1 fully saturated rings. The van der Waals surface area contributed by atoms with Crippen LogP contribution in [0.3, 0.4) is 0 Å². The molecule has 0 radical (unpaired) electrons. The number of carbonyl (C=O) groups is 3. The van der Waals surface area contributed by atoms with Gasteiger partial charge in [-0.15, -0.1) is 0 Å². The molecule has 2 aliphatic rings. The average molecular weight is 685 g/mol. The normalized spacial score (nSPS) is 19.6. The third-order valence-electron chi connectivity index (χ3n) is 8.25. The fourth-order valence-corrected chi connectivity index (χ4v) is 7.82. The Morgan fingerprint density at radius 3 is 2.37 bits per heavy atom. The van der Waals surface area contributed by atoms with Gasteiger partial charge in [-0.25, -0.2) is 19.6 Å². The maximum Gasteiger partial charge on any atom is 0.261 e. The Morgan fingerprint density at radius 2 is 1.71 bits per heavy atom. The van der Waals surface area contributed by atoms with Gasteiger partial charge in [0.15, 0.2) is 17.0 Å². The summed E-state index contributed by atoms with van der Waals surface area (Å²) in [5.41, 5.74) is 1.94. The molecule has 0 bridgehead atoms. The van der Waals surface area contributed by atoms with Crippen molar-refractivity contribution in [2.75, 3.05) is 18.5 Å². The van der Waals surface area contributed by atoms with E-state index >= 15 is 0 Å². The van der Waals surface area contributed by atoms with Gasteiger partial charge >= 0.3 is 0 Å². The number of fused-ring (bicyclic) bond motifs is 2. The number of amides is 3. The SMILES string of the molecule is CC(C)N(C(C)C)P(OCCC#N)OC1C[C@H](n2cnc3c(NC(=O)c4ccccc4)ncnc32)O[C@@H]1CN1C(=O)c2ccccc2C1=O. The summed E-state index contributed by atoms with van der Waals surface area (Å²) in [6.07, 6.45) is 1.37. The highest BCUT2D eigenvalue weighted by atomic mass is 31.2. The molecular formula is C34H37N8O6P. The molecule has 49 heavy (non-hydrogen) atoms. The van der Waals surface area contributed by atoms with E-state index in [9.17, 15) is 19.6 Å². The summed E-state index contributed by atoms with van der Waals surface area (Å²) in [5, 5.41) is 12.0. The van der Waals surface area contributed by atoms with Gasteiger partial charge in [-0.05, 0) is 52.0 Å². The Bertz CT molecular complexity index is 1840. The second kappa shape index (κ2) is 14.9. The summed E-state index contributed by atoms with van der Waals surface area (Å²) >= 11 is 0. The van der Waals surface area contributed by atoms with Crippen LogP contribution in [0.5, 0.6) is 0 Å². The molecule has 4 aromatic rings. The highest BCUT2D eigenvalue weighted by molar-refractivity contribution is 7.44. The number of rotatable bonds is 13. The first-order valence-corrected chi connectivity index (χ1v) is 17.2. The molecule has 2 aromatic carbocycles. The van der Waals surface area contributed by atoms with Gasteiger partial charge in [-0.1, -0.05) is 30.3 Å². The zero-order chi connectivity index (χ0) is 34.7. The molecule has 4 atom stereocenters. The number of imide groups is 1. The molecule has 0 spiro atoms. The second-order valence-corrected chi connectivity index (χ2v) is 13.6. The van der Waals surface area contributed by atoms with Gasteiger partial charge in [-0.2, -0.15) is 5.26 Å². The van der Waals surface area contributed by atoms with E-state index in [4.69, 9.17) is 13.8 Å². The lowest BCUT2D eigenvalue weighted by molar-refractivity contribution is -0.0257. The predicted molar refractivity (Wildman–Crippen MR) is 180 cm³/mol. The van der Waals surface area contributed by atoms with Crippen LogP contribution in [0.15, 0.2) is 67.3 Å². The van der Waals surface area contributed by atoms with Gasteiger partial charge in [0.1, 0.15) is 18.7 Å². The summed E-state index contributed by atoms with van der Waals surface area (Å²) in [5.74, 6) is -0.898. The highest BCUT2D eigenvalue weighted by Crippen LogP contribution is 2.50. The molecule has 254 valence electrons. The maximum atomic E-state index is 13.4. The van der Waals surface area contributed by atoms with Crippen LogP contribution in [0.4, 0.5) is 5.82 Å². The summed E-state index contributed by atoms with van der Waals surface area (Å²) in [4.78, 5) is 54.1. The van der Waals surface area contributed by atoms with E-state index in [1.807, 2.05) is 33.8 Å². The van der Waals surface area contributed by atoms with Crippen molar-refractivity contribution < 1.29 is 28.2 Å². The van der Waals surface area contributed by atoms with Gasteiger partial charge in [0, 0.05) is 24.1 Å². The van der Waals surface area contributed by atoms with E-state index in [0.29, 0.717) is 34.3 Å². The monoisotopic (exact) mass is 684 g/mol. The average Bonchev–Trinajstić information content (AvgIpc) is 3.77. The molecule has 1 N–H and O–H groups in total. The van der Waals surface area contributed by atoms with E-state index in [1.165, 1.54) is 11.2 Å². The third-order valence-corrected chi connectivity index (χ3v) is 10.4. The molecule has 6 rings (SSSR count). The molecule has 2 aliphatic heterocycles. The van der Waals surface area contributed by atoms with Crippen molar-refractivity contribution in [1.29, 1.82) is 5.26 Å². The molecular weight excluding hydrogens is 647 g/mol. The van der Waals surface area contributed by atoms with Crippen LogP contribution in [0.2, 0.25) is 0 Å². The number of aromatic nitrogens is 4. The fourth-order valence-electron chi connectivity index (χ4n) is 6.06. The van der Waals surface area contributed by atoms with Crippen LogP contribution < -0.4 is 5.32 Å². The minimum Gasteiger partial charge on any atom is -0.350 e. The first-order valence-electron chi connectivity index (χ1n) is 16.1. The lowest BCUT2D eigenvalue weighted by atomic mass is 10.1. The van der Waals surface area contributed by atoms with Crippen molar-refractivity contribution in [3.05, 3.63) is 83.9 Å². The number of nitrogens with one attached hydrogen (secondary N) is 1. The van der Waals surface area contributed by atoms with E-state index in [1.54, 1.807) is 59.4 Å². The number of ether oxygens (including phenoxy) is 1. The van der Waals surface area contributed by atoms with Gasteiger partial charge in [0.25, 0.3) is 26.2 Å². The van der Waals surface area contributed by atoms with Crippen LogP contribution in [-0.4, -0.2) is 84.3 Å². The Morgan fingerprint density at radius 1 is 1.04 bits per heavy atom. The quantitative estimate of drug-likeness (QED) is 0.110. The smallest absolute Gasteiger partial charge is 0.261 e. The maximum absolute atomic E-state index is 13.4. The lowest BCUT2D eigenvalue weighted by Crippen LogP contribution is -2.42. The van der Waals surface area contributed by atoms with E-state index in [2.05, 4.69) is 31.0 Å². The number of carbonyl (C=O) groups excluding carboxylic acids is 3. The fraction of sp³-hybridized carbons (Fsp3) is 0.382. The number of imidazole rings is 1. The Balaban J connectivity index is 1.30. The van der Waals surface area contributed by atoms with Crippen LogP contribution >= 0.6 is 8.53 Å². The van der Waals surface area contributed by atoms with Crippen LogP contribution in [0.1, 0.15) is 77.8 Å². The summed E-state index contributed by atoms with van der Waals surface area (Å²) < 4.78 is 23.4. The van der Waals surface area contributed by atoms with Gasteiger partial charge in [-0.3, -0.25) is 23.9 Å². The van der Waals surface area contributed by atoms with Crippen LogP contribution in [-0.2, 0) is 13.8 Å². The first kappa shape index (κ1) is 34.2. The van der Waals surface area contributed by atoms with Gasteiger partial charge in [0.05, 0.1) is 49.2 Å². The minimum atomic E-state index is -1.67. The standard InChI is InChI=1S/C34H37N8O6P/c1-21(2)42(22(3)4)49(46-16-10-15-35)48-26-17-28(47-27(26)18-40-33(44)24-13-8-9-14-25(24)34(40)45)41-20-38-29-30(36-19-37-31(29)41)39-32(43)23-11-6-5-7-12-23/h5-9,11-14,19-22,26-28H,10,16-18H2,1-4H3,(H,36,37,39,43)/t26?,27-,28-,49?/m1/s1. The molecule has 2 unspecified atom stereocenters. The zero-order valence-electron chi connectivity index (χ0n) is 27.6. The van der Waals surface area contributed by atoms with Crippen molar-refractivity contribution in [1.82, 2.24) is 29.1 Å². The summed E-state index contributed by atoms with van der Waals surface area (Å²) in [6, 6.07) is 17.7. The molecule has 2 aromatic heterocycles. The minimum absolute atomic E-state index is 0.0554. The molecule has 15 heteroatoms. The lowest BCUT2D eigenvalue weighted by Gasteiger charge is -2.37. The number of anilines is 1. The van der Waals surface area contributed by atoms with Crippen molar-refractivity contribution in [2.24, 2.45) is 0 Å². The third kappa shape index (κ3) is 7.08. The number of hydrogen-bond donors (Lipinski definition) is 1. The molecule has 4 heterocycles. The first-order chi connectivity index (χ1) is 23.7. The highest BCUT2D eigenvalue weighted by Gasteiger charge is 2.45. The molecule has 0 saturated carbocycles. The Kier molecular flexibility index (Phi) is 10.4. The number of benzene rings is 2. The van der Waals surface area contributed by atoms with Crippen molar-refractivity contribution in [3.63, 3.8) is 0 Å². The van der Waals surface area contributed by atoms with Gasteiger partial charge in [0.2, 0.25) is 0 Å². The Labute approximate surface area is 285 Å². The number of hydrogen-bond acceptors (Lipinski definition) is 11. The van der Waals surface area contributed by atoms with E-state index in [0.717, 1.165) is 0 Å². The molecule has 14 nitrogen and oxygen atoms in total. The van der Waals surface area contributed by atoms with Crippen molar-refractivity contribution >= 4 is 43.2 Å². The topological polar surface area (TPSA) is 165 Å². The molecule has 3 amide bonds. The van der Waals surface area contributed by atoms with Crippen molar-refractivity contribution in [3.8, 4) is 6.07 Å². The number of nitriles is 1. The van der Waals surface area contributed by atoms with Crippen LogP contribution in [0.25, 0.3) is 11.2 Å². The van der Waals surface area contributed by atoms with Gasteiger partial charge < -0.3 is 19.1 Å². The summed E-state index contributed by atoms with van der Waals surface area (Å²) in [7, 11) is -1.67. The zero-order valence-corrected chi connectivity index (χ0v) is 28.5. The molecule has 1 saturated heterocycles. The Hall–Kier alpha value is -4.64.